The maximum atomic E-state index is 13.1. The molecule has 1 aromatic carbocycles. The Morgan fingerprint density at radius 3 is 2.44 bits per heavy atom. The molecule has 2 aromatic heterocycles. The van der Waals surface area contributed by atoms with Crippen molar-refractivity contribution in [2.45, 2.75) is 11.8 Å². The van der Waals surface area contributed by atoms with Crippen LogP contribution in [0.25, 0.3) is 0 Å². The maximum Gasteiger partial charge on any atom is 0.267 e. The van der Waals surface area contributed by atoms with E-state index in [4.69, 9.17) is 30.3 Å². The molecule has 0 aliphatic carbocycles. The van der Waals surface area contributed by atoms with Gasteiger partial charge < -0.3 is 24.1 Å². The van der Waals surface area contributed by atoms with Crippen LogP contribution in [0.4, 0.5) is 11.6 Å². The minimum atomic E-state index is -4.26. The largest absolute Gasteiger partial charge is 0.493 e. The third-order valence-electron chi connectivity index (χ3n) is 4.49. The molecule has 3 rings (SSSR count). The number of rotatable bonds is 10. The Morgan fingerprint density at radius 2 is 1.85 bits per heavy atom. The molecule has 0 spiro atoms. The van der Waals surface area contributed by atoms with Gasteiger partial charge in [-0.3, -0.25) is 9.59 Å². The van der Waals surface area contributed by atoms with Gasteiger partial charge in [0.1, 0.15) is 27.1 Å². The van der Waals surface area contributed by atoms with E-state index in [0.717, 1.165) is 11.3 Å². The second-order valence-corrected chi connectivity index (χ2v) is 9.64. The summed E-state index contributed by atoms with van der Waals surface area (Å²) >= 11 is 6.88. The number of anilines is 2. The van der Waals surface area contributed by atoms with E-state index in [9.17, 15) is 18.0 Å². The number of sulfonamides is 1. The van der Waals surface area contributed by atoms with Crippen molar-refractivity contribution in [3.63, 3.8) is 0 Å². The van der Waals surface area contributed by atoms with Gasteiger partial charge in [0.2, 0.25) is 0 Å². The predicted octanol–water partition coefficient (Wildman–Crippen LogP) is 3.60. The third-order valence-corrected chi connectivity index (χ3v) is 7.35. The Kier molecular flexibility index (Phi) is 7.82. The number of methoxy groups -OCH3 is 3. The highest BCUT2D eigenvalue weighted by molar-refractivity contribution is 7.93. The molecule has 0 aliphatic rings. The third kappa shape index (κ3) is 5.17. The number of ketones is 1. The van der Waals surface area contributed by atoms with Crippen molar-refractivity contribution < 1.29 is 36.7 Å². The molecule has 11 nitrogen and oxygen atoms in total. The molecule has 0 fully saturated rings. The van der Waals surface area contributed by atoms with Crippen LogP contribution in [0.5, 0.6) is 11.5 Å². The maximum absolute atomic E-state index is 13.1. The van der Waals surface area contributed by atoms with Crippen LogP contribution in [-0.4, -0.2) is 53.2 Å². The zero-order valence-corrected chi connectivity index (χ0v) is 20.8. The Labute approximate surface area is 204 Å². The SMILES string of the molecule is COCC(=O)c1cc(OC)c(OC)cc1NC(=O)c1sccc1S(=O)(=O)Nc1onc(C)c1Cl. The monoisotopic (exact) mass is 529 g/mol. The predicted molar refractivity (Wildman–Crippen MR) is 125 cm³/mol. The van der Waals surface area contributed by atoms with Crippen molar-refractivity contribution in [1.29, 1.82) is 0 Å². The fourth-order valence-corrected chi connectivity index (χ4v) is 5.37. The fourth-order valence-electron chi connectivity index (χ4n) is 2.87. The molecule has 34 heavy (non-hydrogen) atoms. The van der Waals surface area contributed by atoms with Crippen LogP contribution in [0.2, 0.25) is 5.02 Å². The molecule has 0 saturated carbocycles. The zero-order chi connectivity index (χ0) is 25.0. The molecule has 1 amide bonds. The van der Waals surface area contributed by atoms with Crippen molar-refractivity contribution in [1.82, 2.24) is 5.16 Å². The lowest BCUT2D eigenvalue weighted by atomic mass is 10.1. The second-order valence-electron chi connectivity index (χ2n) is 6.69. The van der Waals surface area contributed by atoms with Crippen molar-refractivity contribution in [3.05, 3.63) is 44.7 Å². The molecule has 0 unspecified atom stereocenters. The van der Waals surface area contributed by atoms with E-state index in [-0.39, 0.29) is 50.0 Å². The summed E-state index contributed by atoms with van der Waals surface area (Å²) in [7, 11) is -0.103. The van der Waals surface area contributed by atoms with Crippen molar-refractivity contribution in [2.24, 2.45) is 0 Å². The minimum Gasteiger partial charge on any atom is -0.493 e. The Balaban J connectivity index is 1.96. The standard InChI is InChI=1S/C20H20ClN3O8S2/c1-10-17(21)20(32-23-10)24-34(27,28)16-5-6-33-18(16)19(26)22-12-8-15(31-4)14(30-3)7-11(12)13(25)9-29-2/h5-8,24H,9H2,1-4H3,(H,22,26). The summed E-state index contributed by atoms with van der Waals surface area (Å²) in [6.07, 6.45) is 0. The van der Waals surface area contributed by atoms with Crippen molar-refractivity contribution in [2.75, 3.05) is 38.0 Å². The van der Waals surface area contributed by atoms with E-state index in [1.807, 2.05) is 0 Å². The van der Waals surface area contributed by atoms with Crippen molar-refractivity contribution >= 4 is 56.2 Å². The number of ether oxygens (including phenoxy) is 3. The fraction of sp³-hybridized carbons (Fsp3) is 0.250. The first kappa shape index (κ1) is 25.5. The van der Waals surface area contributed by atoms with Crippen LogP contribution in [0.1, 0.15) is 25.7 Å². The number of aryl methyl sites for hydroxylation is 1. The van der Waals surface area contributed by atoms with Crippen LogP contribution < -0.4 is 19.5 Å². The highest BCUT2D eigenvalue weighted by atomic mass is 35.5. The summed E-state index contributed by atoms with van der Waals surface area (Å²) < 4.78 is 48.3. The number of thiophene rings is 1. The average Bonchev–Trinajstić information content (AvgIpc) is 3.42. The molecular weight excluding hydrogens is 510 g/mol. The molecule has 0 bridgehead atoms. The van der Waals surface area contributed by atoms with Gasteiger partial charge in [-0.2, -0.15) is 0 Å². The van der Waals surface area contributed by atoms with Gasteiger partial charge in [-0.05, 0) is 24.4 Å². The molecule has 3 aromatic rings. The lowest BCUT2D eigenvalue weighted by Crippen LogP contribution is -2.20. The van der Waals surface area contributed by atoms with E-state index < -0.39 is 21.7 Å². The molecule has 0 aliphatic heterocycles. The Morgan fingerprint density at radius 1 is 1.18 bits per heavy atom. The zero-order valence-electron chi connectivity index (χ0n) is 18.4. The first-order valence-corrected chi connectivity index (χ1v) is 12.2. The molecule has 0 saturated heterocycles. The lowest BCUT2D eigenvalue weighted by molar-refractivity contribution is 0.0848. The highest BCUT2D eigenvalue weighted by Crippen LogP contribution is 2.35. The van der Waals surface area contributed by atoms with Crippen LogP contribution in [0, 0.1) is 6.92 Å². The topological polar surface area (TPSA) is 146 Å². The summed E-state index contributed by atoms with van der Waals surface area (Å²) in [6, 6.07) is 4.05. The smallest absolute Gasteiger partial charge is 0.267 e. The number of halogens is 1. The van der Waals surface area contributed by atoms with E-state index in [0.29, 0.717) is 5.69 Å². The van der Waals surface area contributed by atoms with Gasteiger partial charge in [0, 0.05) is 18.7 Å². The van der Waals surface area contributed by atoms with E-state index in [1.54, 1.807) is 6.92 Å². The number of amides is 1. The van der Waals surface area contributed by atoms with Crippen LogP contribution in [0.3, 0.4) is 0 Å². The van der Waals surface area contributed by atoms with Gasteiger partial charge in [0.05, 0.1) is 19.9 Å². The Hall–Kier alpha value is -3.13. The summed E-state index contributed by atoms with van der Waals surface area (Å²) in [5.41, 5.74) is 0.475. The number of nitrogens with one attached hydrogen (secondary N) is 2. The summed E-state index contributed by atoms with van der Waals surface area (Å²) in [6.45, 7) is 1.29. The quantitative estimate of drug-likeness (QED) is 0.376. The normalized spacial score (nSPS) is 11.2. The van der Waals surface area contributed by atoms with Crippen LogP contribution in [-0.2, 0) is 14.8 Å². The lowest BCUT2D eigenvalue weighted by Gasteiger charge is -2.15. The number of aromatic nitrogens is 1. The average molecular weight is 530 g/mol. The number of hydrogen-bond donors (Lipinski definition) is 2. The number of nitrogens with zero attached hydrogens (tertiary/aromatic N) is 1. The molecule has 2 N–H and O–H groups in total. The molecule has 2 heterocycles. The van der Waals surface area contributed by atoms with Gasteiger partial charge >= 0.3 is 0 Å². The van der Waals surface area contributed by atoms with E-state index in [1.165, 1.54) is 44.9 Å². The first-order chi connectivity index (χ1) is 16.1. The summed E-state index contributed by atoms with van der Waals surface area (Å²) in [5.74, 6) is -0.960. The highest BCUT2D eigenvalue weighted by Gasteiger charge is 2.28. The molecular formula is C20H20ClN3O8S2. The first-order valence-electron chi connectivity index (χ1n) is 9.44. The van der Waals surface area contributed by atoms with Crippen LogP contribution in [0.15, 0.2) is 33.0 Å². The number of hydrogen-bond acceptors (Lipinski definition) is 10. The summed E-state index contributed by atoms with van der Waals surface area (Å²) in [5, 5.41) is 7.60. The number of benzene rings is 1. The van der Waals surface area contributed by atoms with Crippen LogP contribution >= 0.6 is 22.9 Å². The number of Topliss-reactive ketones (excluding diaryl/α,β-unsaturated/α-hetero) is 1. The molecule has 0 atom stereocenters. The second kappa shape index (κ2) is 10.4. The molecule has 182 valence electrons. The van der Waals surface area contributed by atoms with Gasteiger partial charge in [0.15, 0.2) is 17.3 Å². The van der Waals surface area contributed by atoms with E-state index >= 15 is 0 Å². The number of carbonyl (C=O) groups excluding carboxylic acids is 2. The minimum absolute atomic E-state index is 0.00330. The number of carbonyl (C=O) groups is 2. The van der Waals surface area contributed by atoms with Gasteiger partial charge in [-0.1, -0.05) is 16.8 Å². The Bertz CT molecular complexity index is 1330. The van der Waals surface area contributed by atoms with E-state index in [2.05, 4.69) is 15.2 Å². The van der Waals surface area contributed by atoms with Gasteiger partial charge in [-0.25, -0.2) is 13.1 Å². The van der Waals surface area contributed by atoms with Gasteiger partial charge in [0.25, 0.3) is 21.8 Å². The molecule has 0 radical (unpaired) electrons. The molecule has 14 heteroatoms. The van der Waals surface area contributed by atoms with Crippen molar-refractivity contribution in [3.8, 4) is 11.5 Å². The van der Waals surface area contributed by atoms with Gasteiger partial charge in [-0.15, -0.1) is 11.3 Å². The summed E-state index contributed by atoms with van der Waals surface area (Å²) in [4.78, 5) is 25.2.